The topological polar surface area (TPSA) is 22.1 Å². The van der Waals surface area contributed by atoms with Crippen molar-refractivity contribution in [2.24, 2.45) is 0 Å². The predicted molar refractivity (Wildman–Crippen MR) is 47.3 cm³/mol. The first-order valence-corrected chi connectivity index (χ1v) is 4.07. The Balaban J connectivity index is 2.39. The van der Waals surface area contributed by atoms with E-state index in [1.54, 1.807) is 12.1 Å². The Morgan fingerprint density at radius 1 is 1.20 bits per heavy atom. The largest absolute Gasteiger partial charge is 0.573 e. The van der Waals surface area contributed by atoms with Crippen LogP contribution in [0, 0.1) is 6.20 Å². The van der Waals surface area contributed by atoms with Crippen molar-refractivity contribution in [2.75, 3.05) is 0 Å². The molecule has 0 atom stereocenters. The van der Waals surface area contributed by atoms with Crippen LogP contribution < -0.4 is 4.74 Å². The molecule has 0 aliphatic carbocycles. The van der Waals surface area contributed by atoms with E-state index >= 15 is 0 Å². The number of hydrogen-bond donors (Lipinski definition) is 0. The average molecular weight is 212 g/mol. The summed E-state index contributed by atoms with van der Waals surface area (Å²) in [5.74, 6) is -0.276. The molecular weight excluding hydrogens is 207 g/mol. The number of pyridine rings is 1. The lowest BCUT2D eigenvalue weighted by Gasteiger charge is -2.08. The van der Waals surface area contributed by atoms with E-state index in [1.165, 1.54) is 18.2 Å². The van der Waals surface area contributed by atoms with Gasteiger partial charge < -0.3 is 4.74 Å². The Kier molecular flexibility index (Phi) is 2.22. The highest BCUT2D eigenvalue weighted by molar-refractivity contribution is 5.79. The number of aromatic nitrogens is 1. The second-order valence-corrected chi connectivity index (χ2v) is 2.84. The van der Waals surface area contributed by atoms with Gasteiger partial charge in [-0.2, -0.15) is 0 Å². The Hall–Kier alpha value is -1.78. The van der Waals surface area contributed by atoms with E-state index in [0.717, 1.165) is 5.39 Å². The van der Waals surface area contributed by atoms with Crippen LogP contribution in [0.1, 0.15) is 0 Å². The molecule has 0 amide bonds. The SMILES string of the molecule is FC(F)(F)Oc1ccc2cc[c]nc2c1. The maximum absolute atomic E-state index is 11.9. The van der Waals surface area contributed by atoms with Crippen molar-refractivity contribution in [3.63, 3.8) is 0 Å². The molecule has 1 aromatic carbocycles. The number of nitrogens with zero attached hydrogens (tertiary/aromatic N) is 1. The van der Waals surface area contributed by atoms with Crippen molar-refractivity contribution in [3.05, 3.63) is 36.5 Å². The van der Waals surface area contributed by atoms with Gasteiger partial charge in [0.1, 0.15) is 5.75 Å². The third kappa shape index (κ3) is 2.37. The van der Waals surface area contributed by atoms with Crippen molar-refractivity contribution >= 4 is 10.9 Å². The summed E-state index contributed by atoms with van der Waals surface area (Å²) in [4.78, 5) is 3.80. The highest BCUT2D eigenvalue weighted by atomic mass is 19.4. The van der Waals surface area contributed by atoms with Crippen LogP contribution in [0.3, 0.4) is 0 Å². The van der Waals surface area contributed by atoms with E-state index in [9.17, 15) is 13.2 Å². The molecule has 0 spiro atoms. The molecule has 1 radical (unpaired) electrons. The van der Waals surface area contributed by atoms with Crippen LogP contribution in [0.2, 0.25) is 0 Å². The molecule has 1 heterocycles. The van der Waals surface area contributed by atoms with Gasteiger partial charge in [0.2, 0.25) is 0 Å². The van der Waals surface area contributed by atoms with Crippen molar-refractivity contribution in [2.45, 2.75) is 6.36 Å². The maximum Gasteiger partial charge on any atom is 0.573 e. The number of benzene rings is 1. The molecular formula is C10H5F3NO. The zero-order chi connectivity index (χ0) is 10.9. The molecule has 2 aromatic rings. The molecule has 2 rings (SSSR count). The first kappa shape index (κ1) is 9.76. The molecule has 5 heteroatoms. The van der Waals surface area contributed by atoms with Gasteiger partial charge in [0.05, 0.1) is 11.7 Å². The maximum atomic E-state index is 11.9. The van der Waals surface area contributed by atoms with Gasteiger partial charge in [-0.25, -0.2) is 4.98 Å². The summed E-state index contributed by atoms with van der Waals surface area (Å²) in [6, 6.07) is 7.28. The van der Waals surface area contributed by atoms with Crippen LogP contribution in [0.15, 0.2) is 30.3 Å². The monoisotopic (exact) mass is 212 g/mol. The molecule has 0 saturated heterocycles. The van der Waals surface area contributed by atoms with Crippen LogP contribution in [-0.2, 0) is 0 Å². The highest BCUT2D eigenvalue weighted by Gasteiger charge is 2.31. The summed E-state index contributed by atoms with van der Waals surface area (Å²) in [6.45, 7) is 0. The van der Waals surface area contributed by atoms with Gasteiger partial charge in [0.25, 0.3) is 0 Å². The van der Waals surface area contributed by atoms with Crippen molar-refractivity contribution in [3.8, 4) is 5.75 Å². The number of halogens is 3. The minimum Gasteiger partial charge on any atom is -0.406 e. The predicted octanol–water partition coefficient (Wildman–Crippen LogP) is 2.93. The summed E-state index contributed by atoms with van der Waals surface area (Å²) in [7, 11) is 0. The summed E-state index contributed by atoms with van der Waals surface area (Å²) >= 11 is 0. The van der Waals surface area contributed by atoms with Gasteiger partial charge in [0, 0.05) is 11.5 Å². The molecule has 1 aromatic heterocycles. The van der Waals surface area contributed by atoms with Crippen LogP contribution in [0.4, 0.5) is 13.2 Å². The van der Waals surface area contributed by atoms with Gasteiger partial charge >= 0.3 is 6.36 Å². The fraction of sp³-hybridized carbons (Fsp3) is 0.100. The zero-order valence-corrected chi connectivity index (χ0v) is 7.38. The Morgan fingerprint density at radius 2 is 2.00 bits per heavy atom. The van der Waals surface area contributed by atoms with Crippen LogP contribution in [-0.4, -0.2) is 11.3 Å². The molecule has 0 aliphatic rings. The minimum atomic E-state index is -4.67. The van der Waals surface area contributed by atoms with Crippen LogP contribution >= 0.6 is 0 Å². The van der Waals surface area contributed by atoms with Crippen LogP contribution in [0.5, 0.6) is 5.75 Å². The quantitative estimate of drug-likeness (QED) is 0.725. The summed E-state index contributed by atoms with van der Waals surface area (Å²) < 4.78 is 39.4. The Bertz CT molecular complexity index is 481. The van der Waals surface area contributed by atoms with Crippen LogP contribution in [0.25, 0.3) is 10.9 Å². The summed E-state index contributed by atoms with van der Waals surface area (Å²) in [6.07, 6.45) is -2.14. The van der Waals surface area contributed by atoms with Gasteiger partial charge in [-0.1, -0.05) is 6.07 Å². The average Bonchev–Trinajstić information content (AvgIpc) is 2.15. The molecule has 0 bridgehead atoms. The van der Waals surface area contributed by atoms with Crippen molar-refractivity contribution < 1.29 is 17.9 Å². The Labute approximate surface area is 83.3 Å². The molecule has 77 valence electrons. The lowest BCUT2D eigenvalue weighted by atomic mass is 10.2. The van der Waals surface area contributed by atoms with E-state index < -0.39 is 6.36 Å². The van der Waals surface area contributed by atoms with E-state index in [0.29, 0.717) is 5.52 Å². The Morgan fingerprint density at radius 3 is 2.73 bits per heavy atom. The fourth-order valence-corrected chi connectivity index (χ4v) is 1.19. The number of fused-ring (bicyclic) bond motifs is 1. The zero-order valence-electron chi connectivity index (χ0n) is 7.38. The highest BCUT2D eigenvalue weighted by Crippen LogP contribution is 2.25. The van der Waals surface area contributed by atoms with Gasteiger partial charge in [-0.3, -0.25) is 0 Å². The third-order valence-electron chi connectivity index (χ3n) is 1.76. The first-order valence-electron chi connectivity index (χ1n) is 4.07. The third-order valence-corrected chi connectivity index (χ3v) is 1.76. The smallest absolute Gasteiger partial charge is 0.406 e. The second kappa shape index (κ2) is 3.42. The summed E-state index contributed by atoms with van der Waals surface area (Å²) in [5, 5.41) is 0.739. The van der Waals surface area contributed by atoms with Crippen molar-refractivity contribution in [1.82, 2.24) is 4.98 Å². The fourth-order valence-electron chi connectivity index (χ4n) is 1.19. The number of hydrogen-bond acceptors (Lipinski definition) is 2. The van der Waals surface area contributed by atoms with Crippen molar-refractivity contribution in [1.29, 1.82) is 0 Å². The van der Waals surface area contributed by atoms with E-state index in [4.69, 9.17) is 0 Å². The molecule has 15 heavy (non-hydrogen) atoms. The molecule has 0 N–H and O–H groups in total. The number of ether oxygens (including phenoxy) is 1. The van der Waals surface area contributed by atoms with Gasteiger partial charge in [-0.05, 0) is 18.2 Å². The van der Waals surface area contributed by atoms with E-state index in [1.807, 2.05) is 0 Å². The number of rotatable bonds is 1. The van der Waals surface area contributed by atoms with Gasteiger partial charge in [0.15, 0.2) is 0 Å². The first-order chi connectivity index (χ1) is 7.04. The standard InChI is InChI=1S/C10H5F3NO/c11-10(12,13)15-8-4-3-7-2-1-5-14-9(7)6-8/h1-4,6H. The molecule has 2 nitrogen and oxygen atoms in total. The van der Waals surface area contributed by atoms with E-state index in [-0.39, 0.29) is 5.75 Å². The molecule has 0 unspecified atom stereocenters. The summed E-state index contributed by atoms with van der Waals surface area (Å²) in [5.41, 5.74) is 0.416. The molecule has 0 fully saturated rings. The lowest BCUT2D eigenvalue weighted by Crippen LogP contribution is -2.17. The normalized spacial score (nSPS) is 11.7. The van der Waals surface area contributed by atoms with Gasteiger partial charge in [-0.15, -0.1) is 13.2 Å². The second-order valence-electron chi connectivity index (χ2n) is 2.84. The molecule has 0 saturated carbocycles. The number of alkyl halides is 3. The van der Waals surface area contributed by atoms with E-state index in [2.05, 4.69) is 15.9 Å². The lowest BCUT2D eigenvalue weighted by molar-refractivity contribution is -0.274. The minimum absolute atomic E-state index is 0.276. The molecule has 0 aliphatic heterocycles.